The second-order valence-electron chi connectivity index (χ2n) is 6.24. The zero-order chi connectivity index (χ0) is 17.8. The summed E-state index contributed by atoms with van der Waals surface area (Å²) in [5, 5.41) is 8.23. The monoisotopic (exact) mass is 354 g/mol. The molecular formula is C19H22N4O3. The quantitative estimate of drug-likeness (QED) is 0.686. The Bertz CT molecular complexity index is 857. The molecule has 1 fully saturated rings. The van der Waals surface area contributed by atoms with Crippen LogP contribution in [0, 0.1) is 0 Å². The molecule has 1 aliphatic heterocycles. The number of hydrogen-bond acceptors (Lipinski definition) is 6. The van der Waals surface area contributed by atoms with E-state index in [0.717, 1.165) is 54.5 Å². The van der Waals surface area contributed by atoms with E-state index in [1.807, 2.05) is 47.1 Å². The second kappa shape index (κ2) is 7.72. The van der Waals surface area contributed by atoms with E-state index in [9.17, 15) is 0 Å². The van der Waals surface area contributed by atoms with Crippen LogP contribution in [0.25, 0.3) is 16.9 Å². The van der Waals surface area contributed by atoms with Crippen LogP contribution in [0.5, 0.6) is 5.75 Å². The SMILES string of the molecule is COCOc1ccc(-c2cnc3ccc(NC4CCOCC4)nn23)cc1. The zero-order valence-corrected chi connectivity index (χ0v) is 14.7. The number of methoxy groups -OCH3 is 1. The molecule has 2 aromatic heterocycles. The van der Waals surface area contributed by atoms with Crippen molar-refractivity contribution in [3.05, 3.63) is 42.6 Å². The maximum Gasteiger partial charge on any atom is 0.188 e. The Balaban J connectivity index is 1.57. The van der Waals surface area contributed by atoms with Gasteiger partial charge in [-0.25, -0.2) is 9.50 Å². The molecule has 26 heavy (non-hydrogen) atoms. The summed E-state index contributed by atoms with van der Waals surface area (Å²) in [6.45, 7) is 1.83. The van der Waals surface area contributed by atoms with Crippen molar-refractivity contribution in [2.75, 3.05) is 32.4 Å². The average Bonchev–Trinajstić information content (AvgIpc) is 3.11. The van der Waals surface area contributed by atoms with E-state index in [1.54, 1.807) is 7.11 Å². The Morgan fingerprint density at radius 3 is 2.73 bits per heavy atom. The molecule has 1 aromatic carbocycles. The molecule has 0 bridgehead atoms. The number of anilines is 1. The number of nitrogens with zero attached hydrogens (tertiary/aromatic N) is 3. The Labute approximate surface area is 151 Å². The summed E-state index contributed by atoms with van der Waals surface area (Å²) < 4.78 is 17.6. The minimum absolute atomic E-state index is 0.234. The number of ether oxygens (including phenoxy) is 3. The molecule has 0 radical (unpaired) electrons. The first-order valence-electron chi connectivity index (χ1n) is 8.75. The van der Waals surface area contributed by atoms with E-state index in [0.29, 0.717) is 6.04 Å². The molecule has 0 atom stereocenters. The zero-order valence-electron chi connectivity index (χ0n) is 14.7. The maximum atomic E-state index is 5.44. The third-order valence-electron chi connectivity index (χ3n) is 4.43. The van der Waals surface area contributed by atoms with Gasteiger partial charge < -0.3 is 19.5 Å². The molecule has 7 nitrogen and oxygen atoms in total. The molecule has 0 saturated carbocycles. The van der Waals surface area contributed by atoms with Gasteiger partial charge >= 0.3 is 0 Å². The van der Waals surface area contributed by atoms with E-state index in [-0.39, 0.29) is 6.79 Å². The van der Waals surface area contributed by atoms with Gasteiger partial charge in [-0.15, -0.1) is 5.10 Å². The number of hydrogen-bond donors (Lipinski definition) is 1. The van der Waals surface area contributed by atoms with Gasteiger partial charge in [-0.1, -0.05) is 0 Å². The lowest BCUT2D eigenvalue weighted by atomic mass is 10.1. The van der Waals surface area contributed by atoms with E-state index >= 15 is 0 Å². The van der Waals surface area contributed by atoms with Gasteiger partial charge in [0.25, 0.3) is 0 Å². The fourth-order valence-corrected chi connectivity index (χ4v) is 3.05. The van der Waals surface area contributed by atoms with E-state index in [4.69, 9.17) is 19.3 Å². The molecule has 1 saturated heterocycles. The second-order valence-corrected chi connectivity index (χ2v) is 6.24. The van der Waals surface area contributed by atoms with Crippen molar-refractivity contribution >= 4 is 11.5 Å². The first-order chi connectivity index (χ1) is 12.8. The van der Waals surface area contributed by atoms with Gasteiger partial charge in [0.2, 0.25) is 0 Å². The van der Waals surface area contributed by atoms with Gasteiger partial charge in [0.15, 0.2) is 12.4 Å². The number of benzene rings is 1. The lowest BCUT2D eigenvalue weighted by molar-refractivity contribution is 0.0511. The predicted molar refractivity (Wildman–Crippen MR) is 98.4 cm³/mol. The number of rotatable bonds is 6. The number of aromatic nitrogens is 3. The first-order valence-corrected chi connectivity index (χ1v) is 8.75. The molecule has 4 rings (SSSR count). The molecule has 1 aliphatic rings. The number of imidazole rings is 1. The van der Waals surface area contributed by atoms with Crippen molar-refractivity contribution in [2.45, 2.75) is 18.9 Å². The normalized spacial score (nSPS) is 15.3. The van der Waals surface area contributed by atoms with Crippen LogP contribution in [-0.4, -0.2) is 47.8 Å². The third kappa shape index (κ3) is 3.63. The van der Waals surface area contributed by atoms with E-state index in [2.05, 4.69) is 10.3 Å². The molecule has 0 spiro atoms. The van der Waals surface area contributed by atoms with Crippen LogP contribution in [0.3, 0.4) is 0 Å². The lowest BCUT2D eigenvalue weighted by Gasteiger charge is -2.23. The summed E-state index contributed by atoms with van der Waals surface area (Å²) in [5.41, 5.74) is 2.78. The number of fused-ring (bicyclic) bond motifs is 1. The van der Waals surface area contributed by atoms with Crippen LogP contribution in [0.2, 0.25) is 0 Å². The fraction of sp³-hybridized carbons (Fsp3) is 0.368. The summed E-state index contributed by atoms with van der Waals surface area (Å²) in [4.78, 5) is 4.46. The Morgan fingerprint density at radius 1 is 1.15 bits per heavy atom. The average molecular weight is 354 g/mol. The van der Waals surface area contributed by atoms with Crippen molar-refractivity contribution in [3.8, 4) is 17.0 Å². The summed E-state index contributed by atoms with van der Waals surface area (Å²) >= 11 is 0. The van der Waals surface area contributed by atoms with Crippen molar-refractivity contribution in [3.63, 3.8) is 0 Å². The van der Waals surface area contributed by atoms with E-state index in [1.165, 1.54) is 0 Å². The number of nitrogens with one attached hydrogen (secondary N) is 1. The molecule has 3 heterocycles. The largest absolute Gasteiger partial charge is 0.468 e. The highest BCUT2D eigenvalue weighted by atomic mass is 16.7. The van der Waals surface area contributed by atoms with E-state index < -0.39 is 0 Å². The highest BCUT2D eigenvalue weighted by molar-refractivity contribution is 5.64. The molecule has 0 aliphatic carbocycles. The highest BCUT2D eigenvalue weighted by Gasteiger charge is 2.15. The highest BCUT2D eigenvalue weighted by Crippen LogP contribution is 2.24. The molecule has 136 valence electrons. The molecular weight excluding hydrogens is 332 g/mol. The van der Waals surface area contributed by atoms with Crippen LogP contribution in [0.1, 0.15) is 12.8 Å². The molecule has 0 unspecified atom stereocenters. The Kier molecular flexibility index (Phi) is 4.99. The van der Waals surface area contributed by atoms with Gasteiger partial charge in [0.05, 0.1) is 11.9 Å². The Morgan fingerprint density at radius 2 is 1.96 bits per heavy atom. The van der Waals surface area contributed by atoms with Crippen LogP contribution < -0.4 is 10.1 Å². The minimum Gasteiger partial charge on any atom is -0.468 e. The van der Waals surface area contributed by atoms with Gasteiger partial charge in [-0.2, -0.15) is 0 Å². The standard InChI is InChI=1S/C19H22N4O3/c1-24-13-26-16-4-2-14(3-5-16)17-12-20-19-7-6-18(22-23(17)19)21-15-8-10-25-11-9-15/h2-7,12,15H,8-11,13H2,1H3,(H,21,22). The molecule has 3 aromatic rings. The first kappa shape index (κ1) is 16.8. The van der Waals surface area contributed by atoms with Gasteiger partial charge in [-0.05, 0) is 49.2 Å². The van der Waals surface area contributed by atoms with Crippen molar-refractivity contribution < 1.29 is 14.2 Å². The maximum absolute atomic E-state index is 5.44. The lowest BCUT2D eigenvalue weighted by Crippen LogP contribution is -2.28. The van der Waals surface area contributed by atoms with Gasteiger partial charge in [-0.3, -0.25) is 0 Å². The summed E-state index contributed by atoms with van der Waals surface area (Å²) in [5.74, 6) is 1.61. The topological polar surface area (TPSA) is 69.9 Å². The molecule has 0 amide bonds. The van der Waals surface area contributed by atoms with Crippen LogP contribution in [-0.2, 0) is 9.47 Å². The van der Waals surface area contributed by atoms with Crippen molar-refractivity contribution in [2.24, 2.45) is 0 Å². The van der Waals surface area contributed by atoms with Crippen molar-refractivity contribution in [1.82, 2.24) is 14.6 Å². The third-order valence-corrected chi connectivity index (χ3v) is 4.43. The molecule has 7 heteroatoms. The van der Waals surface area contributed by atoms with Crippen LogP contribution in [0.4, 0.5) is 5.82 Å². The fourth-order valence-electron chi connectivity index (χ4n) is 3.05. The smallest absolute Gasteiger partial charge is 0.188 e. The summed E-state index contributed by atoms with van der Waals surface area (Å²) in [7, 11) is 1.60. The van der Waals surface area contributed by atoms with Gasteiger partial charge in [0, 0.05) is 31.9 Å². The van der Waals surface area contributed by atoms with Crippen LogP contribution in [0.15, 0.2) is 42.6 Å². The van der Waals surface area contributed by atoms with Gasteiger partial charge in [0.1, 0.15) is 11.6 Å². The predicted octanol–water partition coefficient (Wildman–Crippen LogP) is 2.97. The van der Waals surface area contributed by atoms with Crippen molar-refractivity contribution in [1.29, 1.82) is 0 Å². The minimum atomic E-state index is 0.234. The summed E-state index contributed by atoms with van der Waals surface area (Å²) in [6, 6.07) is 12.2. The Hall–Kier alpha value is -2.64. The van der Waals surface area contributed by atoms with Crippen LogP contribution >= 0.6 is 0 Å². The summed E-state index contributed by atoms with van der Waals surface area (Å²) in [6.07, 6.45) is 3.84. The molecule has 1 N–H and O–H groups in total.